The minimum absolute atomic E-state index is 0.580. The third-order valence-corrected chi connectivity index (χ3v) is 2.35. The van der Waals surface area contributed by atoms with Gasteiger partial charge in [-0.3, -0.25) is 0 Å². The number of hydrogen-bond donors (Lipinski definition) is 0. The third-order valence-electron chi connectivity index (χ3n) is 2.35. The Labute approximate surface area is 102 Å². The van der Waals surface area contributed by atoms with Crippen LogP contribution in [0.1, 0.15) is 5.56 Å². The molecule has 0 saturated heterocycles. The van der Waals surface area contributed by atoms with E-state index in [2.05, 4.69) is 12.1 Å². The molecule has 0 N–H and O–H groups in total. The van der Waals surface area contributed by atoms with Crippen molar-refractivity contribution < 1.29 is 9.47 Å². The molecule has 0 unspecified atom stereocenters. The summed E-state index contributed by atoms with van der Waals surface area (Å²) in [6.45, 7) is 1.82. The highest BCUT2D eigenvalue weighted by Gasteiger charge is 1.93. The summed E-state index contributed by atoms with van der Waals surface area (Å²) in [5.41, 5.74) is 1.19. The Bertz CT molecular complexity index is 370. The maximum absolute atomic E-state index is 5.52. The molecule has 0 aromatic heterocycles. The zero-order chi connectivity index (χ0) is 11.8. The van der Waals surface area contributed by atoms with Gasteiger partial charge in [0.1, 0.15) is 12.4 Å². The maximum atomic E-state index is 5.52. The molecule has 17 heavy (non-hydrogen) atoms. The summed E-state index contributed by atoms with van der Waals surface area (Å²) in [6.07, 6.45) is 0. The van der Waals surface area contributed by atoms with Gasteiger partial charge < -0.3 is 9.47 Å². The van der Waals surface area contributed by atoms with Crippen molar-refractivity contribution >= 4 is 0 Å². The van der Waals surface area contributed by atoms with Crippen LogP contribution in [-0.2, 0) is 11.3 Å². The number of hydrogen-bond acceptors (Lipinski definition) is 2. The van der Waals surface area contributed by atoms with E-state index >= 15 is 0 Å². The summed E-state index contributed by atoms with van der Waals surface area (Å²) in [6, 6.07) is 19.9. The Morgan fingerprint density at radius 2 is 1.35 bits per heavy atom. The average Bonchev–Trinajstić information content (AvgIpc) is 2.41. The van der Waals surface area contributed by atoms with Crippen molar-refractivity contribution in [3.8, 4) is 5.75 Å². The molecule has 0 heterocycles. The molecule has 0 aliphatic rings. The summed E-state index contributed by atoms with van der Waals surface area (Å²) >= 11 is 0. The van der Waals surface area contributed by atoms with Crippen LogP contribution in [0.15, 0.2) is 60.7 Å². The Kier molecular flexibility index (Phi) is 4.61. The first-order valence-electron chi connectivity index (χ1n) is 5.75. The molecule has 0 spiro atoms. The number of para-hydroxylation sites is 1. The third kappa shape index (κ3) is 4.29. The van der Waals surface area contributed by atoms with Gasteiger partial charge in [-0.25, -0.2) is 0 Å². The summed E-state index contributed by atoms with van der Waals surface area (Å²) in [7, 11) is 0. The molecule has 0 fully saturated rings. The second-order valence-electron chi connectivity index (χ2n) is 3.70. The molecule has 0 aliphatic carbocycles. The number of rotatable bonds is 6. The largest absolute Gasteiger partial charge is 0.491 e. The highest BCUT2D eigenvalue weighted by molar-refractivity contribution is 5.20. The first-order chi connectivity index (χ1) is 8.45. The smallest absolute Gasteiger partial charge is 0.119 e. The first kappa shape index (κ1) is 11.7. The van der Waals surface area contributed by atoms with E-state index in [1.807, 2.05) is 48.5 Å². The van der Waals surface area contributed by atoms with Gasteiger partial charge in [-0.2, -0.15) is 0 Å². The lowest BCUT2D eigenvalue weighted by Crippen LogP contribution is -2.06. The summed E-state index contributed by atoms with van der Waals surface area (Å²) in [5, 5.41) is 0. The van der Waals surface area contributed by atoms with Crippen LogP contribution in [0.4, 0.5) is 0 Å². The zero-order valence-electron chi connectivity index (χ0n) is 9.71. The summed E-state index contributed by atoms with van der Waals surface area (Å²) < 4.78 is 11.0. The van der Waals surface area contributed by atoms with E-state index in [4.69, 9.17) is 9.47 Å². The van der Waals surface area contributed by atoms with Gasteiger partial charge in [-0.1, -0.05) is 48.5 Å². The van der Waals surface area contributed by atoms with Crippen LogP contribution >= 0.6 is 0 Å². The molecule has 0 saturated carbocycles. The lowest BCUT2D eigenvalue weighted by molar-refractivity contribution is 0.0889. The number of benzene rings is 2. The normalized spacial score (nSPS) is 10.1. The number of ether oxygens (including phenoxy) is 2. The highest BCUT2D eigenvalue weighted by atomic mass is 16.5. The fraction of sp³-hybridized carbons (Fsp3) is 0.200. The molecule has 0 amide bonds. The van der Waals surface area contributed by atoms with Crippen LogP contribution in [-0.4, -0.2) is 13.2 Å². The van der Waals surface area contributed by atoms with Gasteiger partial charge in [0.2, 0.25) is 0 Å². The lowest BCUT2D eigenvalue weighted by Gasteiger charge is -2.06. The Balaban J connectivity index is 1.61. The molecule has 2 aromatic rings. The lowest BCUT2D eigenvalue weighted by atomic mass is 10.2. The van der Waals surface area contributed by atoms with E-state index in [1.54, 1.807) is 0 Å². The highest BCUT2D eigenvalue weighted by Crippen LogP contribution is 2.07. The first-order valence-corrected chi connectivity index (χ1v) is 5.75. The van der Waals surface area contributed by atoms with Crippen molar-refractivity contribution in [2.24, 2.45) is 0 Å². The Hall–Kier alpha value is -1.80. The summed E-state index contributed by atoms with van der Waals surface area (Å²) in [4.78, 5) is 0. The van der Waals surface area contributed by atoms with Crippen LogP contribution in [0.3, 0.4) is 0 Å². The van der Waals surface area contributed by atoms with Gasteiger partial charge in [0.15, 0.2) is 0 Å². The fourth-order valence-corrected chi connectivity index (χ4v) is 1.50. The van der Waals surface area contributed by atoms with E-state index in [0.717, 1.165) is 5.75 Å². The fourth-order valence-electron chi connectivity index (χ4n) is 1.50. The summed E-state index contributed by atoms with van der Waals surface area (Å²) in [5.74, 6) is 0.885. The molecular formula is C15H16O2. The van der Waals surface area contributed by atoms with Crippen LogP contribution in [0.2, 0.25) is 0 Å². The van der Waals surface area contributed by atoms with Gasteiger partial charge in [0.25, 0.3) is 0 Å². The minimum Gasteiger partial charge on any atom is -0.491 e. The molecule has 2 heteroatoms. The SMILES string of the molecule is c1ccc(COCCOc2ccccc2)cc1. The molecule has 0 bridgehead atoms. The second-order valence-corrected chi connectivity index (χ2v) is 3.70. The van der Waals surface area contributed by atoms with Crippen molar-refractivity contribution in [1.29, 1.82) is 0 Å². The van der Waals surface area contributed by atoms with Crippen molar-refractivity contribution in [3.63, 3.8) is 0 Å². The van der Waals surface area contributed by atoms with Gasteiger partial charge in [-0.05, 0) is 17.7 Å². The van der Waals surface area contributed by atoms with E-state index in [9.17, 15) is 0 Å². The van der Waals surface area contributed by atoms with E-state index in [1.165, 1.54) is 5.56 Å². The molecule has 2 rings (SSSR count). The Morgan fingerprint density at radius 1 is 0.706 bits per heavy atom. The molecule has 0 radical (unpaired) electrons. The minimum atomic E-state index is 0.580. The maximum Gasteiger partial charge on any atom is 0.119 e. The topological polar surface area (TPSA) is 18.5 Å². The van der Waals surface area contributed by atoms with Crippen molar-refractivity contribution in [3.05, 3.63) is 66.2 Å². The predicted octanol–water partition coefficient (Wildman–Crippen LogP) is 3.28. The van der Waals surface area contributed by atoms with Crippen LogP contribution in [0.5, 0.6) is 5.75 Å². The van der Waals surface area contributed by atoms with Crippen LogP contribution in [0, 0.1) is 0 Å². The standard InChI is InChI=1S/C15H16O2/c1-3-7-14(8-4-1)13-16-11-12-17-15-9-5-2-6-10-15/h1-10H,11-13H2. The molecule has 0 aliphatic heterocycles. The monoisotopic (exact) mass is 228 g/mol. The molecular weight excluding hydrogens is 212 g/mol. The van der Waals surface area contributed by atoms with E-state index in [-0.39, 0.29) is 0 Å². The molecule has 2 nitrogen and oxygen atoms in total. The van der Waals surface area contributed by atoms with Gasteiger partial charge in [-0.15, -0.1) is 0 Å². The Morgan fingerprint density at radius 3 is 2.06 bits per heavy atom. The van der Waals surface area contributed by atoms with Gasteiger partial charge in [0.05, 0.1) is 13.2 Å². The van der Waals surface area contributed by atoms with Gasteiger partial charge >= 0.3 is 0 Å². The van der Waals surface area contributed by atoms with Crippen molar-refractivity contribution in [2.75, 3.05) is 13.2 Å². The van der Waals surface area contributed by atoms with Crippen LogP contribution < -0.4 is 4.74 Å². The van der Waals surface area contributed by atoms with E-state index in [0.29, 0.717) is 19.8 Å². The average molecular weight is 228 g/mol. The zero-order valence-corrected chi connectivity index (χ0v) is 9.71. The predicted molar refractivity (Wildman–Crippen MR) is 68.0 cm³/mol. The van der Waals surface area contributed by atoms with Crippen molar-refractivity contribution in [2.45, 2.75) is 6.61 Å². The van der Waals surface area contributed by atoms with Gasteiger partial charge in [0, 0.05) is 0 Å². The second kappa shape index (κ2) is 6.71. The van der Waals surface area contributed by atoms with Crippen LogP contribution in [0.25, 0.3) is 0 Å². The van der Waals surface area contributed by atoms with E-state index < -0.39 is 0 Å². The van der Waals surface area contributed by atoms with Crippen molar-refractivity contribution in [1.82, 2.24) is 0 Å². The molecule has 88 valence electrons. The molecule has 2 aromatic carbocycles. The quantitative estimate of drug-likeness (QED) is 0.706. The molecule has 0 atom stereocenters.